The molecule has 0 fully saturated rings. The number of esters is 1. The fourth-order valence-electron chi connectivity index (χ4n) is 2.09. The molecular formula is C17H16Cl2N2O4. The summed E-state index contributed by atoms with van der Waals surface area (Å²) in [6, 6.07) is 7.21. The van der Waals surface area contributed by atoms with Crippen molar-refractivity contribution in [2.24, 2.45) is 0 Å². The molecule has 2 atom stereocenters. The zero-order valence-electron chi connectivity index (χ0n) is 13.5. The first kappa shape index (κ1) is 19.0. The van der Waals surface area contributed by atoms with E-state index in [1.165, 1.54) is 31.5 Å². The van der Waals surface area contributed by atoms with Crippen molar-refractivity contribution in [3.63, 3.8) is 0 Å². The van der Waals surface area contributed by atoms with E-state index in [4.69, 9.17) is 27.9 Å². The SMILES string of the molecule is CC(OC(=O)c1cc[n+]([O-])cc1)C(=O)NC(C)c1ccc(Cl)cc1Cl. The molecule has 1 aromatic carbocycles. The van der Waals surface area contributed by atoms with Crippen LogP contribution in [0.15, 0.2) is 42.7 Å². The van der Waals surface area contributed by atoms with Gasteiger partial charge in [-0.05, 0) is 31.5 Å². The molecule has 0 aliphatic rings. The molecule has 132 valence electrons. The van der Waals surface area contributed by atoms with Crippen LogP contribution in [0.4, 0.5) is 0 Å². The standard InChI is InChI=1S/C17H16Cl2N2O4/c1-10(14-4-3-13(18)9-15(14)19)20-16(22)11(2)25-17(23)12-5-7-21(24)8-6-12/h3-11H,1-2H3,(H,20,22). The van der Waals surface area contributed by atoms with Gasteiger partial charge in [-0.3, -0.25) is 4.79 Å². The number of ether oxygens (including phenoxy) is 1. The van der Waals surface area contributed by atoms with Crippen LogP contribution in [-0.4, -0.2) is 18.0 Å². The molecule has 25 heavy (non-hydrogen) atoms. The van der Waals surface area contributed by atoms with E-state index in [-0.39, 0.29) is 5.56 Å². The molecule has 1 heterocycles. The number of aromatic nitrogens is 1. The molecule has 0 saturated carbocycles. The number of nitrogens with one attached hydrogen (secondary N) is 1. The normalized spacial score (nSPS) is 13.0. The Morgan fingerprint density at radius 2 is 1.80 bits per heavy atom. The van der Waals surface area contributed by atoms with E-state index in [1.54, 1.807) is 25.1 Å². The number of benzene rings is 1. The molecule has 1 N–H and O–H groups in total. The zero-order valence-corrected chi connectivity index (χ0v) is 15.0. The molecule has 1 amide bonds. The van der Waals surface area contributed by atoms with Gasteiger partial charge in [0.1, 0.15) is 0 Å². The van der Waals surface area contributed by atoms with Gasteiger partial charge in [-0.2, -0.15) is 4.73 Å². The molecule has 0 spiro atoms. The van der Waals surface area contributed by atoms with Gasteiger partial charge < -0.3 is 15.3 Å². The first-order chi connectivity index (χ1) is 11.8. The minimum atomic E-state index is -1.01. The Morgan fingerprint density at radius 1 is 1.16 bits per heavy atom. The number of carbonyl (C=O) groups is 2. The smallest absolute Gasteiger partial charge is 0.339 e. The number of nitrogens with zero attached hydrogens (tertiary/aromatic N) is 1. The van der Waals surface area contributed by atoms with Gasteiger partial charge in [-0.1, -0.05) is 29.3 Å². The maximum absolute atomic E-state index is 12.2. The number of carbonyl (C=O) groups excluding carboxylic acids is 2. The van der Waals surface area contributed by atoms with Gasteiger partial charge in [-0.25, -0.2) is 4.79 Å². The molecule has 2 rings (SSSR count). The van der Waals surface area contributed by atoms with Gasteiger partial charge in [0.15, 0.2) is 18.5 Å². The van der Waals surface area contributed by atoms with Crippen LogP contribution in [0.1, 0.15) is 35.8 Å². The topological polar surface area (TPSA) is 82.3 Å². The third-order valence-electron chi connectivity index (χ3n) is 3.48. The van der Waals surface area contributed by atoms with Crippen molar-refractivity contribution in [3.05, 3.63) is 69.1 Å². The second-order valence-electron chi connectivity index (χ2n) is 5.39. The Morgan fingerprint density at radius 3 is 2.40 bits per heavy atom. The lowest BCUT2D eigenvalue weighted by Gasteiger charge is -2.19. The van der Waals surface area contributed by atoms with E-state index in [9.17, 15) is 14.8 Å². The van der Waals surface area contributed by atoms with Crippen molar-refractivity contribution in [2.45, 2.75) is 26.0 Å². The molecule has 2 unspecified atom stereocenters. The summed E-state index contributed by atoms with van der Waals surface area (Å²) >= 11 is 12.0. The zero-order chi connectivity index (χ0) is 18.6. The van der Waals surface area contributed by atoms with Crippen molar-refractivity contribution in [3.8, 4) is 0 Å². The van der Waals surface area contributed by atoms with Crippen LogP contribution < -0.4 is 10.0 Å². The fraction of sp³-hybridized carbons (Fsp3) is 0.235. The highest BCUT2D eigenvalue weighted by molar-refractivity contribution is 6.35. The second-order valence-corrected chi connectivity index (χ2v) is 6.23. The van der Waals surface area contributed by atoms with E-state index < -0.39 is 24.0 Å². The predicted molar refractivity (Wildman–Crippen MR) is 93.3 cm³/mol. The Labute approximate surface area is 154 Å². The van der Waals surface area contributed by atoms with Gasteiger partial charge >= 0.3 is 5.97 Å². The summed E-state index contributed by atoms with van der Waals surface area (Å²) in [7, 11) is 0. The first-order valence-electron chi connectivity index (χ1n) is 7.43. The van der Waals surface area contributed by atoms with Crippen LogP contribution in [0.3, 0.4) is 0 Å². The van der Waals surface area contributed by atoms with Gasteiger partial charge in [0.05, 0.1) is 11.6 Å². The third kappa shape index (κ3) is 5.08. The summed E-state index contributed by atoms with van der Waals surface area (Å²) in [5.74, 6) is -1.16. The number of halogens is 2. The highest BCUT2D eigenvalue weighted by Gasteiger charge is 2.22. The van der Waals surface area contributed by atoms with Crippen molar-refractivity contribution in [1.29, 1.82) is 0 Å². The number of hydrogen-bond donors (Lipinski definition) is 1. The Hall–Kier alpha value is -2.31. The number of amides is 1. The largest absolute Gasteiger partial charge is 0.619 e. The molecule has 0 aliphatic carbocycles. The van der Waals surface area contributed by atoms with Crippen molar-refractivity contribution >= 4 is 35.1 Å². The average Bonchev–Trinajstić information content (AvgIpc) is 2.55. The molecule has 8 heteroatoms. The number of rotatable bonds is 5. The lowest BCUT2D eigenvalue weighted by molar-refractivity contribution is -0.605. The lowest BCUT2D eigenvalue weighted by atomic mass is 10.1. The average molecular weight is 383 g/mol. The summed E-state index contributed by atoms with van der Waals surface area (Å²) in [4.78, 5) is 24.2. The lowest BCUT2D eigenvalue weighted by Crippen LogP contribution is -2.37. The van der Waals surface area contributed by atoms with Gasteiger partial charge in [-0.15, -0.1) is 0 Å². The first-order valence-corrected chi connectivity index (χ1v) is 8.18. The molecule has 0 saturated heterocycles. The van der Waals surface area contributed by atoms with Crippen LogP contribution in [0.5, 0.6) is 0 Å². The van der Waals surface area contributed by atoms with Crippen LogP contribution in [-0.2, 0) is 9.53 Å². The summed E-state index contributed by atoms with van der Waals surface area (Å²) < 4.78 is 5.65. The van der Waals surface area contributed by atoms with E-state index in [2.05, 4.69) is 5.32 Å². The quantitative estimate of drug-likeness (QED) is 0.489. The van der Waals surface area contributed by atoms with E-state index in [1.807, 2.05) is 0 Å². The summed E-state index contributed by atoms with van der Waals surface area (Å²) in [5.41, 5.74) is 0.876. The monoisotopic (exact) mass is 382 g/mol. The minimum absolute atomic E-state index is 0.181. The number of pyridine rings is 1. The maximum atomic E-state index is 12.2. The van der Waals surface area contributed by atoms with E-state index >= 15 is 0 Å². The minimum Gasteiger partial charge on any atom is -0.619 e. The van der Waals surface area contributed by atoms with Gasteiger partial charge in [0.25, 0.3) is 5.91 Å². The fourth-order valence-corrected chi connectivity index (χ4v) is 2.66. The maximum Gasteiger partial charge on any atom is 0.339 e. The van der Waals surface area contributed by atoms with Crippen molar-refractivity contribution < 1.29 is 19.1 Å². The highest BCUT2D eigenvalue weighted by atomic mass is 35.5. The van der Waals surface area contributed by atoms with Gasteiger partial charge in [0, 0.05) is 22.2 Å². The molecule has 0 aliphatic heterocycles. The highest BCUT2D eigenvalue weighted by Crippen LogP contribution is 2.26. The van der Waals surface area contributed by atoms with Crippen LogP contribution in [0.25, 0.3) is 0 Å². The Balaban J connectivity index is 1.97. The van der Waals surface area contributed by atoms with Crippen molar-refractivity contribution in [2.75, 3.05) is 0 Å². The third-order valence-corrected chi connectivity index (χ3v) is 4.04. The molecule has 2 aromatic rings. The summed E-state index contributed by atoms with van der Waals surface area (Å²) in [6.45, 7) is 3.21. The Bertz CT molecular complexity index is 781. The second kappa shape index (κ2) is 8.18. The van der Waals surface area contributed by atoms with Crippen LogP contribution in [0.2, 0.25) is 10.0 Å². The summed E-state index contributed by atoms with van der Waals surface area (Å²) in [6.07, 6.45) is 1.33. The predicted octanol–water partition coefficient (Wildman–Crippen LogP) is 3.05. The number of hydrogen-bond acceptors (Lipinski definition) is 4. The molecular weight excluding hydrogens is 367 g/mol. The molecule has 1 aromatic heterocycles. The van der Waals surface area contributed by atoms with E-state index in [0.717, 1.165) is 0 Å². The summed E-state index contributed by atoms with van der Waals surface area (Å²) in [5, 5.41) is 14.6. The Kier molecular flexibility index (Phi) is 6.22. The van der Waals surface area contributed by atoms with Crippen LogP contribution in [0, 0.1) is 5.21 Å². The molecule has 0 radical (unpaired) electrons. The van der Waals surface area contributed by atoms with Gasteiger partial charge in [0.2, 0.25) is 0 Å². The molecule has 0 bridgehead atoms. The van der Waals surface area contributed by atoms with Crippen molar-refractivity contribution in [1.82, 2.24) is 5.32 Å². The van der Waals surface area contributed by atoms with Crippen LogP contribution >= 0.6 is 23.2 Å². The molecule has 6 nitrogen and oxygen atoms in total. The van der Waals surface area contributed by atoms with E-state index in [0.29, 0.717) is 20.3 Å².